The molecule has 2 aromatic rings. The first-order valence-corrected chi connectivity index (χ1v) is 6.48. The van der Waals surface area contributed by atoms with Crippen LogP contribution in [0.5, 0.6) is 0 Å². The maximum absolute atomic E-state index is 5.95. The summed E-state index contributed by atoms with van der Waals surface area (Å²) in [5.41, 5.74) is 5.57. The lowest BCUT2D eigenvalue weighted by molar-refractivity contribution is 1.02. The van der Waals surface area contributed by atoms with Crippen LogP contribution in [-0.2, 0) is 6.42 Å². The number of aromatic nitrogens is 2. The highest BCUT2D eigenvalue weighted by Crippen LogP contribution is 2.24. The summed E-state index contributed by atoms with van der Waals surface area (Å²) in [6, 6.07) is 3.89. The molecule has 0 aromatic carbocycles. The van der Waals surface area contributed by atoms with Crippen molar-refractivity contribution in [3.63, 3.8) is 0 Å². The molecule has 0 aliphatic heterocycles. The second-order valence-corrected chi connectivity index (χ2v) is 5.48. The SMILES string of the molecule is Nc1ncnc(NCCc2ccc(Cl)s2)c1Cl. The Labute approximate surface area is 113 Å². The van der Waals surface area contributed by atoms with E-state index in [1.807, 2.05) is 12.1 Å². The van der Waals surface area contributed by atoms with Gasteiger partial charge in [0.15, 0.2) is 0 Å². The maximum atomic E-state index is 5.95. The molecule has 4 nitrogen and oxygen atoms in total. The third-order valence-electron chi connectivity index (χ3n) is 2.11. The number of nitrogen functional groups attached to an aromatic ring is 1. The van der Waals surface area contributed by atoms with E-state index in [0.29, 0.717) is 17.4 Å². The minimum absolute atomic E-state index is 0.281. The van der Waals surface area contributed by atoms with Crippen LogP contribution in [0, 0.1) is 0 Å². The van der Waals surface area contributed by atoms with Gasteiger partial charge in [0.2, 0.25) is 0 Å². The van der Waals surface area contributed by atoms with Crippen LogP contribution in [0.3, 0.4) is 0 Å². The molecule has 2 heterocycles. The van der Waals surface area contributed by atoms with E-state index in [9.17, 15) is 0 Å². The predicted octanol–water partition coefficient (Wildman–Crippen LogP) is 3.08. The minimum atomic E-state index is 0.281. The summed E-state index contributed by atoms with van der Waals surface area (Å²) >= 11 is 13.4. The number of thiophene rings is 1. The summed E-state index contributed by atoms with van der Waals surface area (Å²) in [7, 11) is 0. The first kappa shape index (κ1) is 12.4. The first-order chi connectivity index (χ1) is 8.16. The van der Waals surface area contributed by atoms with Crippen LogP contribution in [0.15, 0.2) is 18.5 Å². The Hall–Kier alpha value is -1.04. The van der Waals surface area contributed by atoms with Gasteiger partial charge in [-0.3, -0.25) is 0 Å². The number of rotatable bonds is 4. The predicted molar refractivity (Wildman–Crippen MR) is 73.0 cm³/mol. The van der Waals surface area contributed by atoms with E-state index in [2.05, 4.69) is 15.3 Å². The van der Waals surface area contributed by atoms with E-state index in [-0.39, 0.29) is 5.82 Å². The molecule has 0 spiro atoms. The highest BCUT2D eigenvalue weighted by atomic mass is 35.5. The lowest BCUT2D eigenvalue weighted by Gasteiger charge is -2.06. The topological polar surface area (TPSA) is 63.8 Å². The van der Waals surface area contributed by atoms with Crippen LogP contribution in [0.2, 0.25) is 9.36 Å². The fraction of sp³-hybridized carbons (Fsp3) is 0.200. The third kappa shape index (κ3) is 3.21. The molecule has 0 aliphatic carbocycles. The van der Waals surface area contributed by atoms with Gasteiger partial charge in [0.05, 0.1) is 4.34 Å². The summed E-state index contributed by atoms with van der Waals surface area (Å²) in [5.74, 6) is 0.838. The summed E-state index contributed by atoms with van der Waals surface area (Å²) in [4.78, 5) is 9.02. The van der Waals surface area contributed by atoms with Crippen LogP contribution < -0.4 is 11.1 Å². The Kier molecular flexibility index (Phi) is 4.04. The van der Waals surface area contributed by atoms with Gasteiger partial charge in [0, 0.05) is 11.4 Å². The molecular formula is C10H10Cl2N4S. The molecule has 0 aliphatic rings. The highest BCUT2D eigenvalue weighted by Gasteiger charge is 2.05. The van der Waals surface area contributed by atoms with Gasteiger partial charge in [-0.1, -0.05) is 23.2 Å². The number of nitrogens with one attached hydrogen (secondary N) is 1. The first-order valence-electron chi connectivity index (χ1n) is 4.91. The van der Waals surface area contributed by atoms with Gasteiger partial charge in [-0.25, -0.2) is 9.97 Å². The molecule has 7 heteroatoms. The van der Waals surface area contributed by atoms with Crippen molar-refractivity contribution in [1.29, 1.82) is 0 Å². The molecule has 17 heavy (non-hydrogen) atoms. The Bertz CT molecular complexity index is 515. The molecule has 0 fully saturated rings. The van der Waals surface area contributed by atoms with E-state index in [0.717, 1.165) is 10.8 Å². The minimum Gasteiger partial charge on any atom is -0.382 e. The van der Waals surface area contributed by atoms with Crippen LogP contribution in [-0.4, -0.2) is 16.5 Å². The molecule has 0 unspecified atom stereocenters. The zero-order chi connectivity index (χ0) is 12.3. The van der Waals surface area contributed by atoms with Crippen LogP contribution in [0.4, 0.5) is 11.6 Å². The smallest absolute Gasteiger partial charge is 0.150 e. The maximum Gasteiger partial charge on any atom is 0.150 e. The van der Waals surface area contributed by atoms with Gasteiger partial charge in [-0.05, 0) is 18.6 Å². The van der Waals surface area contributed by atoms with Gasteiger partial charge in [0.1, 0.15) is 23.0 Å². The van der Waals surface area contributed by atoms with E-state index >= 15 is 0 Å². The van der Waals surface area contributed by atoms with Gasteiger partial charge in [0.25, 0.3) is 0 Å². The second-order valence-electron chi connectivity index (χ2n) is 3.30. The van der Waals surface area contributed by atoms with E-state index < -0.39 is 0 Å². The van der Waals surface area contributed by atoms with Crippen molar-refractivity contribution in [3.05, 3.63) is 32.7 Å². The van der Waals surface area contributed by atoms with Crippen molar-refractivity contribution in [1.82, 2.24) is 9.97 Å². The van der Waals surface area contributed by atoms with Gasteiger partial charge < -0.3 is 11.1 Å². The zero-order valence-corrected chi connectivity index (χ0v) is 11.1. The van der Waals surface area contributed by atoms with Crippen LogP contribution in [0.25, 0.3) is 0 Å². The number of nitrogens with zero attached hydrogens (tertiary/aromatic N) is 2. The summed E-state index contributed by atoms with van der Waals surface area (Å²) in [5, 5.41) is 3.47. The molecule has 0 saturated heterocycles. The molecule has 0 amide bonds. The second kappa shape index (κ2) is 5.53. The fourth-order valence-corrected chi connectivity index (χ4v) is 2.55. The molecule has 0 saturated carbocycles. The van der Waals surface area contributed by atoms with Crippen molar-refractivity contribution in [2.24, 2.45) is 0 Å². The molecule has 2 aromatic heterocycles. The Morgan fingerprint density at radius 2 is 2.12 bits per heavy atom. The Morgan fingerprint density at radius 3 is 2.82 bits per heavy atom. The molecule has 0 atom stereocenters. The average molecular weight is 289 g/mol. The number of nitrogens with two attached hydrogens (primary N) is 1. The molecule has 3 N–H and O–H groups in total. The van der Waals surface area contributed by atoms with E-state index in [1.165, 1.54) is 11.2 Å². The normalized spacial score (nSPS) is 10.5. The standard InChI is InChI=1S/C10H10Cl2N4S/c11-7-2-1-6(17-7)3-4-14-10-8(12)9(13)15-5-16-10/h1-2,5H,3-4H2,(H3,13,14,15,16). The fourth-order valence-electron chi connectivity index (χ4n) is 1.30. The number of hydrogen-bond donors (Lipinski definition) is 2. The highest BCUT2D eigenvalue weighted by molar-refractivity contribution is 7.16. The Balaban J connectivity index is 1.92. The van der Waals surface area contributed by atoms with E-state index in [4.69, 9.17) is 28.9 Å². The lowest BCUT2D eigenvalue weighted by Crippen LogP contribution is -2.07. The van der Waals surface area contributed by atoms with Crippen molar-refractivity contribution in [3.8, 4) is 0 Å². The third-order valence-corrected chi connectivity index (χ3v) is 3.77. The summed E-state index contributed by atoms with van der Waals surface area (Å²) in [6.07, 6.45) is 2.24. The quantitative estimate of drug-likeness (QED) is 0.908. The molecule has 90 valence electrons. The molecule has 0 bridgehead atoms. The zero-order valence-electron chi connectivity index (χ0n) is 8.78. The van der Waals surface area contributed by atoms with Gasteiger partial charge in [-0.2, -0.15) is 0 Å². The number of anilines is 2. The Morgan fingerprint density at radius 1 is 1.29 bits per heavy atom. The van der Waals surface area contributed by atoms with Crippen molar-refractivity contribution in [2.75, 3.05) is 17.6 Å². The summed E-state index contributed by atoms with van der Waals surface area (Å²) in [6.45, 7) is 0.715. The van der Waals surface area contributed by atoms with Gasteiger partial charge in [-0.15, -0.1) is 11.3 Å². The van der Waals surface area contributed by atoms with Gasteiger partial charge >= 0.3 is 0 Å². The van der Waals surface area contributed by atoms with Crippen LogP contribution in [0.1, 0.15) is 4.88 Å². The monoisotopic (exact) mass is 288 g/mol. The van der Waals surface area contributed by atoms with Crippen molar-refractivity contribution >= 4 is 46.2 Å². The average Bonchev–Trinajstić information content (AvgIpc) is 2.70. The number of halogens is 2. The molecule has 2 rings (SSSR count). The van der Waals surface area contributed by atoms with E-state index in [1.54, 1.807) is 11.3 Å². The molecular weight excluding hydrogens is 279 g/mol. The summed E-state index contributed by atoms with van der Waals surface area (Å²) < 4.78 is 0.796. The number of hydrogen-bond acceptors (Lipinski definition) is 5. The van der Waals surface area contributed by atoms with Crippen molar-refractivity contribution in [2.45, 2.75) is 6.42 Å². The largest absolute Gasteiger partial charge is 0.382 e. The van der Waals surface area contributed by atoms with Crippen molar-refractivity contribution < 1.29 is 0 Å². The van der Waals surface area contributed by atoms with Crippen LogP contribution >= 0.6 is 34.5 Å². The lowest BCUT2D eigenvalue weighted by atomic mass is 10.3. The molecule has 0 radical (unpaired) electrons.